The van der Waals surface area contributed by atoms with E-state index in [0.29, 0.717) is 33.8 Å². The average Bonchev–Trinajstić information content (AvgIpc) is 3.15. The monoisotopic (exact) mass is 353 g/mol. The van der Waals surface area contributed by atoms with E-state index in [1.165, 1.54) is 19.2 Å². The summed E-state index contributed by atoms with van der Waals surface area (Å²) >= 11 is 0. The first kappa shape index (κ1) is 16.4. The second-order valence-corrected chi connectivity index (χ2v) is 5.92. The number of halogens is 1. The number of benzene rings is 3. The van der Waals surface area contributed by atoms with Crippen molar-refractivity contribution in [2.75, 3.05) is 13.8 Å². The van der Waals surface area contributed by atoms with E-state index in [9.17, 15) is 14.3 Å². The molecule has 1 aliphatic rings. The van der Waals surface area contributed by atoms with Crippen LogP contribution in [0.2, 0.25) is 0 Å². The smallest absolute Gasteiger partial charge is 0.251 e. The van der Waals surface area contributed by atoms with Crippen molar-refractivity contribution in [3.8, 4) is 22.6 Å². The van der Waals surface area contributed by atoms with Gasteiger partial charge in [-0.15, -0.1) is 0 Å². The molecule has 0 fully saturated rings. The molecule has 0 radical (unpaired) electrons. The van der Waals surface area contributed by atoms with Crippen molar-refractivity contribution >= 4 is 16.7 Å². The van der Waals surface area contributed by atoms with Crippen LogP contribution in [0, 0.1) is 5.82 Å². The summed E-state index contributed by atoms with van der Waals surface area (Å²) < 4.78 is 24.5. The quantitative estimate of drug-likeness (QED) is 0.759. The SMILES string of the molecule is CNC(=O)c1cc2ccc3c(c2c(-c2ccc(F)cc2)c1CO)OCO3. The van der Waals surface area contributed by atoms with Crippen molar-refractivity contribution in [1.82, 2.24) is 5.32 Å². The second-order valence-electron chi connectivity index (χ2n) is 5.92. The van der Waals surface area contributed by atoms with Crippen molar-refractivity contribution in [2.24, 2.45) is 0 Å². The van der Waals surface area contributed by atoms with E-state index in [1.54, 1.807) is 24.3 Å². The van der Waals surface area contributed by atoms with Gasteiger partial charge < -0.3 is 19.9 Å². The zero-order chi connectivity index (χ0) is 18.3. The molecule has 2 N–H and O–H groups in total. The number of nitrogens with one attached hydrogen (secondary N) is 1. The van der Waals surface area contributed by atoms with E-state index >= 15 is 0 Å². The number of ether oxygens (including phenoxy) is 2. The summed E-state index contributed by atoms with van der Waals surface area (Å²) in [5, 5.41) is 14.1. The molecular formula is C20H16FNO4. The molecule has 6 heteroatoms. The second kappa shape index (κ2) is 6.31. The van der Waals surface area contributed by atoms with Gasteiger partial charge in [0.2, 0.25) is 6.79 Å². The van der Waals surface area contributed by atoms with Crippen LogP contribution >= 0.6 is 0 Å². The lowest BCUT2D eigenvalue weighted by atomic mass is 9.89. The van der Waals surface area contributed by atoms with Gasteiger partial charge in [-0.3, -0.25) is 4.79 Å². The maximum absolute atomic E-state index is 13.4. The molecule has 26 heavy (non-hydrogen) atoms. The molecule has 0 saturated carbocycles. The lowest BCUT2D eigenvalue weighted by Gasteiger charge is -2.17. The van der Waals surface area contributed by atoms with Gasteiger partial charge in [-0.25, -0.2) is 4.39 Å². The van der Waals surface area contributed by atoms with Crippen LogP contribution < -0.4 is 14.8 Å². The first-order chi connectivity index (χ1) is 12.6. The lowest BCUT2D eigenvalue weighted by molar-refractivity contribution is 0.0960. The van der Waals surface area contributed by atoms with Crippen LogP contribution in [-0.4, -0.2) is 24.9 Å². The molecule has 0 unspecified atom stereocenters. The Bertz CT molecular complexity index is 1010. The molecule has 3 aromatic carbocycles. The van der Waals surface area contributed by atoms with Crippen molar-refractivity contribution in [3.05, 3.63) is 59.4 Å². The van der Waals surface area contributed by atoms with E-state index < -0.39 is 0 Å². The number of rotatable bonds is 3. The van der Waals surface area contributed by atoms with Crippen LogP contribution in [0.1, 0.15) is 15.9 Å². The fourth-order valence-electron chi connectivity index (χ4n) is 3.33. The summed E-state index contributed by atoms with van der Waals surface area (Å²) in [5.74, 6) is 0.477. The third-order valence-electron chi connectivity index (χ3n) is 4.51. The molecule has 0 aliphatic carbocycles. The Labute approximate surface area is 149 Å². The number of fused-ring (bicyclic) bond motifs is 3. The predicted molar refractivity (Wildman–Crippen MR) is 94.8 cm³/mol. The molecule has 1 aliphatic heterocycles. The molecule has 4 rings (SSSR count). The van der Waals surface area contributed by atoms with E-state index in [2.05, 4.69) is 5.32 Å². The van der Waals surface area contributed by atoms with Gasteiger partial charge in [-0.2, -0.15) is 0 Å². The molecule has 1 amide bonds. The topological polar surface area (TPSA) is 67.8 Å². The summed E-state index contributed by atoms with van der Waals surface area (Å²) in [6, 6.07) is 11.3. The predicted octanol–water partition coefficient (Wildman–Crippen LogP) is 3.23. The van der Waals surface area contributed by atoms with E-state index in [4.69, 9.17) is 9.47 Å². The van der Waals surface area contributed by atoms with Crippen LogP contribution in [0.5, 0.6) is 11.5 Å². The molecule has 0 atom stereocenters. The number of carbonyl (C=O) groups is 1. The van der Waals surface area contributed by atoms with Crippen molar-refractivity contribution < 1.29 is 23.8 Å². The standard InChI is InChI=1S/C20H16FNO4/c1-22-20(24)14-8-12-4-7-16-19(26-10-25-16)18(12)17(15(14)9-23)11-2-5-13(21)6-3-11/h2-8,23H,9-10H2,1H3,(H,22,24). The van der Waals surface area contributed by atoms with Crippen LogP contribution in [0.3, 0.4) is 0 Å². The first-order valence-corrected chi connectivity index (χ1v) is 8.11. The maximum Gasteiger partial charge on any atom is 0.251 e. The summed E-state index contributed by atoms with van der Waals surface area (Å²) in [6.45, 7) is -0.251. The number of carbonyl (C=O) groups excluding carboxylic acids is 1. The highest BCUT2D eigenvalue weighted by Crippen LogP contribution is 2.46. The van der Waals surface area contributed by atoms with Crippen LogP contribution in [0.25, 0.3) is 21.9 Å². The highest BCUT2D eigenvalue weighted by atomic mass is 19.1. The molecule has 3 aromatic rings. The van der Waals surface area contributed by atoms with Crippen LogP contribution in [0.15, 0.2) is 42.5 Å². The largest absolute Gasteiger partial charge is 0.454 e. The minimum absolute atomic E-state index is 0.100. The van der Waals surface area contributed by atoms with Gasteiger partial charge in [-0.1, -0.05) is 18.2 Å². The van der Waals surface area contributed by atoms with Crippen LogP contribution in [0.4, 0.5) is 4.39 Å². The van der Waals surface area contributed by atoms with E-state index in [1.807, 2.05) is 6.07 Å². The van der Waals surface area contributed by atoms with Gasteiger partial charge >= 0.3 is 0 Å². The molecule has 5 nitrogen and oxygen atoms in total. The van der Waals surface area contributed by atoms with Gasteiger partial charge in [0.15, 0.2) is 11.5 Å². The molecule has 1 heterocycles. The summed E-state index contributed by atoms with van der Waals surface area (Å²) in [4.78, 5) is 12.4. The Morgan fingerprint density at radius 2 is 1.96 bits per heavy atom. The maximum atomic E-state index is 13.4. The summed E-state index contributed by atoms with van der Waals surface area (Å²) in [7, 11) is 1.53. The third kappa shape index (κ3) is 2.46. The summed E-state index contributed by atoms with van der Waals surface area (Å²) in [6.07, 6.45) is 0. The molecule has 0 spiro atoms. The Balaban J connectivity index is 2.15. The lowest BCUT2D eigenvalue weighted by Crippen LogP contribution is -2.20. The number of amides is 1. The fraction of sp³-hybridized carbons (Fsp3) is 0.150. The Kier molecular flexibility index (Phi) is 3.97. The van der Waals surface area contributed by atoms with Crippen molar-refractivity contribution in [3.63, 3.8) is 0 Å². The number of aliphatic hydroxyl groups is 1. The minimum atomic E-state index is -0.365. The van der Waals surface area contributed by atoms with Crippen molar-refractivity contribution in [2.45, 2.75) is 6.61 Å². The Morgan fingerprint density at radius 3 is 2.65 bits per heavy atom. The van der Waals surface area contributed by atoms with Gasteiger partial charge in [0.05, 0.1) is 6.61 Å². The number of aliphatic hydroxyl groups excluding tert-OH is 1. The average molecular weight is 353 g/mol. The summed E-state index contributed by atoms with van der Waals surface area (Å²) in [5.41, 5.74) is 2.12. The molecule has 0 bridgehead atoms. The molecule has 0 saturated heterocycles. The Hall–Kier alpha value is -3.12. The normalized spacial score (nSPS) is 12.4. The van der Waals surface area contributed by atoms with Gasteiger partial charge in [0.25, 0.3) is 5.91 Å². The zero-order valence-corrected chi connectivity index (χ0v) is 14.0. The zero-order valence-electron chi connectivity index (χ0n) is 14.0. The molecule has 132 valence electrons. The minimum Gasteiger partial charge on any atom is -0.454 e. The highest BCUT2D eigenvalue weighted by molar-refractivity contribution is 6.10. The van der Waals surface area contributed by atoms with Gasteiger partial charge in [-0.05, 0) is 46.3 Å². The first-order valence-electron chi connectivity index (χ1n) is 8.11. The third-order valence-corrected chi connectivity index (χ3v) is 4.51. The Morgan fingerprint density at radius 1 is 1.19 bits per heavy atom. The highest BCUT2D eigenvalue weighted by Gasteiger charge is 2.25. The fourth-order valence-corrected chi connectivity index (χ4v) is 3.33. The number of hydrogen-bond acceptors (Lipinski definition) is 4. The molecule has 0 aromatic heterocycles. The van der Waals surface area contributed by atoms with E-state index in [-0.39, 0.29) is 25.1 Å². The van der Waals surface area contributed by atoms with E-state index in [0.717, 1.165) is 10.8 Å². The van der Waals surface area contributed by atoms with Crippen molar-refractivity contribution in [1.29, 1.82) is 0 Å². The molecular weight excluding hydrogens is 337 g/mol. The van der Waals surface area contributed by atoms with Gasteiger partial charge in [0.1, 0.15) is 5.82 Å². The van der Waals surface area contributed by atoms with Gasteiger partial charge in [0, 0.05) is 18.0 Å². The van der Waals surface area contributed by atoms with Crippen LogP contribution in [-0.2, 0) is 6.61 Å². The number of hydrogen-bond donors (Lipinski definition) is 2.